The van der Waals surface area contributed by atoms with E-state index in [4.69, 9.17) is 4.74 Å². The highest BCUT2D eigenvalue weighted by Crippen LogP contribution is 2.30. The van der Waals surface area contributed by atoms with Gasteiger partial charge in [-0.05, 0) is 17.2 Å². The summed E-state index contributed by atoms with van der Waals surface area (Å²) in [5.41, 5.74) is 2.75. The molecule has 3 rings (SSSR count). The summed E-state index contributed by atoms with van der Waals surface area (Å²) in [6.45, 7) is 1.15. The summed E-state index contributed by atoms with van der Waals surface area (Å²) in [7, 11) is 1.81. The van der Waals surface area contributed by atoms with Gasteiger partial charge in [-0.25, -0.2) is 0 Å². The molecule has 2 aromatic carbocycles. The molecule has 1 amide bonds. The number of carbonyl (C=O) groups is 1. The van der Waals surface area contributed by atoms with Crippen LogP contribution < -0.4 is 0 Å². The molecule has 0 fully saturated rings. The average Bonchev–Trinajstić information content (AvgIpc) is 2.50. The quantitative estimate of drug-likeness (QED) is 0.795. The van der Waals surface area contributed by atoms with E-state index < -0.39 is 0 Å². The van der Waals surface area contributed by atoms with Crippen LogP contribution in [0.15, 0.2) is 54.6 Å². The van der Waals surface area contributed by atoms with E-state index in [0.29, 0.717) is 13.2 Å². The second kappa shape index (κ2) is 5.47. The van der Waals surface area contributed by atoms with Crippen LogP contribution in [-0.2, 0) is 4.74 Å². The van der Waals surface area contributed by atoms with Crippen LogP contribution in [0.4, 0.5) is 0 Å². The fraction of sp³-hybridized carbons (Fsp3) is 0.235. The van der Waals surface area contributed by atoms with Crippen LogP contribution in [0, 0.1) is 0 Å². The number of ether oxygens (including phenoxy) is 1. The Bertz CT molecular complexity index is 609. The van der Waals surface area contributed by atoms with E-state index in [1.807, 2.05) is 61.6 Å². The van der Waals surface area contributed by atoms with E-state index in [2.05, 4.69) is 0 Å². The fourth-order valence-electron chi connectivity index (χ4n) is 2.53. The molecule has 0 spiro atoms. The lowest BCUT2D eigenvalue weighted by Crippen LogP contribution is -2.34. The molecule has 3 nitrogen and oxygen atoms in total. The van der Waals surface area contributed by atoms with Crippen molar-refractivity contribution < 1.29 is 9.53 Å². The molecule has 2 aromatic rings. The zero-order valence-electron chi connectivity index (χ0n) is 11.5. The first-order chi connectivity index (χ1) is 9.77. The third-order valence-corrected chi connectivity index (χ3v) is 3.63. The highest BCUT2D eigenvalue weighted by molar-refractivity contribution is 5.95. The lowest BCUT2D eigenvalue weighted by molar-refractivity contribution is 0.0465. The molecule has 1 unspecified atom stereocenters. The summed E-state index contributed by atoms with van der Waals surface area (Å²) < 4.78 is 6.02. The van der Waals surface area contributed by atoms with Crippen molar-refractivity contribution >= 4 is 5.91 Å². The summed E-state index contributed by atoms with van der Waals surface area (Å²) in [5, 5.41) is 0. The molecule has 0 bridgehead atoms. The largest absolute Gasteiger partial charge is 0.367 e. The minimum atomic E-state index is -0.176. The lowest BCUT2D eigenvalue weighted by atomic mass is 9.95. The van der Waals surface area contributed by atoms with Gasteiger partial charge in [0.05, 0.1) is 6.61 Å². The number of hydrogen-bond donors (Lipinski definition) is 0. The smallest absolute Gasteiger partial charge is 0.254 e. The summed E-state index contributed by atoms with van der Waals surface area (Å²) in [6.07, 6.45) is -0.176. The third-order valence-electron chi connectivity index (χ3n) is 3.63. The topological polar surface area (TPSA) is 29.5 Å². The maximum absolute atomic E-state index is 12.4. The summed E-state index contributed by atoms with van der Waals surface area (Å²) in [5.74, 6) is 0.0600. The van der Waals surface area contributed by atoms with Gasteiger partial charge in [-0.2, -0.15) is 0 Å². The molecule has 0 radical (unpaired) electrons. The monoisotopic (exact) mass is 267 g/mol. The highest BCUT2D eigenvalue weighted by atomic mass is 16.5. The number of fused-ring (bicyclic) bond motifs is 1. The number of likely N-dealkylation sites (N-methyl/N-ethyl adjacent to an activating group) is 1. The van der Waals surface area contributed by atoms with Crippen molar-refractivity contribution in [2.45, 2.75) is 6.10 Å². The summed E-state index contributed by atoms with van der Waals surface area (Å²) in [4.78, 5) is 14.1. The minimum Gasteiger partial charge on any atom is -0.367 e. The SMILES string of the molecule is CN1CCOC(c2ccccc2)c2ccccc2C1=O. The Balaban J connectivity index is 2.10. The molecule has 1 aliphatic rings. The van der Waals surface area contributed by atoms with Crippen molar-refractivity contribution in [3.63, 3.8) is 0 Å². The Morgan fingerprint density at radius 2 is 1.75 bits per heavy atom. The van der Waals surface area contributed by atoms with Crippen molar-refractivity contribution in [3.8, 4) is 0 Å². The van der Waals surface area contributed by atoms with Crippen LogP contribution in [-0.4, -0.2) is 31.0 Å². The second-order valence-corrected chi connectivity index (χ2v) is 4.98. The molecule has 0 saturated heterocycles. The number of hydrogen-bond acceptors (Lipinski definition) is 2. The zero-order valence-corrected chi connectivity index (χ0v) is 11.5. The van der Waals surface area contributed by atoms with Gasteiger partial charge < -0.3 is 9.64 Å². The second-order valence-electron chi connectivity index (χ2n) is 4.98. The van der Waals surface area contributed by atoms with E-state index in [9.17, 15) is 4.79 Å². The number of nitrogens with zero attached hydrogens (tertiary/aromatic N) is 1. The number of benzene rings is 2. The van der Waals surface area contributed by atoms with E-state index in [1.165, 1.54) is 0 Å². The van der Waals surface area contributed by atoms with Crippen LogP contribution in [0.2, 0.25) is 0 Å². The first-order valence-electron chi connectivity index (χ1n) is 6.78. The predicted molar refractivity (Wildman–Crippen MR) is 77.6 cm³/mol. The molecule has 0 saturated carbocycles. The van der Waals surface area contributed by atoms with Gasteiger partial charge in [0.1, 0.15) is 6.10 Å². The van der Waals surface area contributed by atoms with Crippen LogP contribution >= 0.6 is 0 Å². The van der Waals surface area contributed by atoms with Crippen LogP contribution in [0.25, 0.3) is 0 Å². The van der Waals surface area contributed by atoms with E-state index in [-0.39, 0.29) is 12.0 Å². The summed E-state index contributed by atoms with van der Waals surface area (Å²) >= 11 is 0. The molecule has 1 heterocycles. The van der Waals surface area contributed by atoms with Crippen LogP contribution in [0.1, 0.15) is 27.6 Å². The van der Waals surface area contributed by atoms with Gasteiger partial charge in [-0.1, -0.05) is 48.5 Å². The lowest BCUT2D eigenvalue weighted by Gasteiger charge is -2.28. The third kappa shape index (κ3) is 2.32. The predicted octanol–water partition coefficient (Wildman–Crippen LogP) is 2.88. The Labute approximate surface area is 118 Å². The van der Waals surface area contributed by atoms with Gasteiger partial charge in [-0.3, -0.25) is 4.79 Å². The van der Waals surface area contributed by atoms with Crippen LogP contribution in [0.5, 0.6) is 0 Å². The van der Waals surface area contributed by atoms with E-state index >= 15 is 0 Å². The van der Waals surface area contributed by atoms with Gasteiger partial charge in [0, 0.05) is 19.2 Å². The molecule has 0 aliphatic carbocycles. The molecule has 0 aromatic heterocycles. The minimum absolute atomic E-state index is 0.0600. The van der Waals surface area contributed by atoms with Crippen molar-refractivity contribution in [2.24, 2.45) is 0 Å². The first-order valence-corrected chi connectivity index (χ1v) is 6.78. The normalized spacial score (nSPS) is 19.1. The molecule has 1 atom stereocenters. The fourth-order valence-corrected chi connectivity index (χ4v) is 2.53. The van der Waals surface area contributed by atoms with Gasteiger partial charge in [0.15, 0.2) is 0 Å². The molecular formula is C17H17NO2. The number of amides is 1. The zero-order chi connectivity index (χ0) is 13.9. The highest BCUT2D eigenvalue weighted by Gasteiger charge is 2.25. The Kier molecular flexibility index (Phi) is 3.52. The van der Waals surface area contributed by atoms with Crippen molar-refractivity contribution in [2.75, 3.05) is 20.2 Å². The summed E-state index contributed by atoms with van der Waals surface area (Å²) in [6, 6.07) is 17.7. The van der Waals surface area contributed by atoms with Gasteiger partial charge in [-0.15, -0.1) is 0 Å². The average molecular weight is 267 g/mol. The van der Waals surface area contributed by atoms with Gasteiger partial charge in [0.2, 0.25) is 0 Å². The standard InChI is InChI=1S/C17H17NO2/c1-18-11-12-20-16(13-7-3-2-4-8-13)14-9-5-6-10-15(14)17(18)19/h2-10,16H,11-12H2,1H3. The van der Waals surface area contributed by atoms with Crippen molar-refractivity contribution in [1.29, 1.82) is 0 Å². The Morgan fingerprint density at radius 3 is 2.55 bits per heavy atom. The van der Waals surface area contributed by atoms with E-state index in [1.54, 1.807) is 4.90 Å². The number of carbonyl (C=O) groups excluding carboxylic acids is 1. The Morgan fingerprint density at radius 1 is 1.05 bits per heavy atom. The molecule has 3 heteroatoms. The van der Waals surface area contributed by atoms with E-state index in [0.717, 1.165) is 16.7 Å². The molecular weight excluding hydrogens is 250 g/mol. The van der Waals surface area contributed by atoms with Gasteiger partial charge in [0.25, 0.3) is 5.91 Å². The van der Waals surface area contributed by atoms with Crippen molar-refractivity contribution in [3.05, 3.63) is 71.3 Å². The van der Waals surface area contributed by atoms with Crippen molar-refractivity contribution in [1.82, 2.24) is 4.90 Å². The first kappa shape index (κ1) is 12.9. The molecule has 102 valence electrons. The maximum Gasteiger partial charge on any atom is 0.254 e. The Hall–Kier alpha value is -2.13. The maximum atomic E-state index is 12.4. The molecule has 1 aliphatic heterocycles. The molecule has 0 N–H and O–H groups in total. The number of rotatable bonds is 1. The molecule has 20 heavy (non-hydrogen) atoms. The van der Waals surface area contributed by atoms with Gasteiger partial charge >= 0.3 is 0 Å². The van der Waals surface area contributed by atoms with Crippen LogP contribution in [0.3, 0.4) is 0 Å².